The van der Waals surface area contributed by atoms with Crippen molar-refractivity contribution in [1.82, 2.24) is 5.32 Å². The summed E-state index contributed by atoms with van der Waals surface area (Å²) in [7, 11) is 3.28. The van der Waals surface area contributed by atoms with Gasteiger partial charge in [-0.3, -0.25) is 4.79 Å². The van der Waals surface area contributed by atoms with E-state index in [2.05, 4.69) is 17.4 Å². The summed E-state index contributed by atoms with van der Waals surface area (Å²) in [5.74, 6) is -0.127. The Balaban J connectivity index is 1.59. The van der Waals surface area contributed by atoms with Gasteiger partial charge in [0.2, 0.25) is 5.91 Å². The lowest BCUT2D eigenvalue weighted by atomic mass is 9.79. The number of aliphatic hydroxyl groups excluding tert-OH is 1. The predicted octanol–water partition coefficient (Wildman–Crippen LogP) is 4.38. The SMILES string of the molecule is COc1ccc(C(OCC2CCC(C(=O)N[C@H](CO)C(=O)O)CC2)(c2ccccc2)c2ccc(OC)cc2)cc1. The minimum atomic E-state index is -1.28. The third kappa shape index (κ3) is 6.46. The summed E-state index contributed by atoms with van der Waals surface area (Å²) < 4.78 is 17.8. The zero-order valence-corrected chi connectivity index (χ0v) is 22.9. The number of aliphatic hydroxyl groups is 1. The molecule has 1 saturated carbocycles. The van der Waals surface area contributed by atoms with Gasteiger partial charge in [0.25, 0.3) is 0 Å². The molecule has 4 rings (SSSR count). The van der Waals surface area contributed by atoms with Crippen LogP contribution in [0.2, 0.25) is 0 Å². The highest BCUT2D eigenvalue weighted by Gasteiger charge is 2.39. The summed E-state index contributed by atoms with van der Waals surface area (Å²) in [6, 6.07) is 24.7. The van der Waals surface area contributed by atoms with Gasteiger partial charge < -0.3 is 29.7 Å². The van der Waals surface area contributed by atoms with Gasteiger partial charge in [-0.15, -0.1) is 0 Å². The van der Waals surface area contributed by atoms with E-state index in [1.54, 1.807) is 14.2 Å². The molecule has 1 fully saturated rings. The van der Waals surface area contributed by atoms with Crippen LogP contribution in [0.5, 0.6) is 11.5 Å². The van der Waals surface area contributed by atoms with Crippen LogP contribution in [0.15, 0.2) is 78.9 Å². The first-order chi connectivity index (χ1) is 19.4. The Morgan fingerprint density at radius 3 is 1.77 bits per heavy atom. The number of aliphatic carboxylic acids is 1. The van der Waals surface area contributed by atoms with Crippen LogP contribution in [0.3, 0.4) is 0 Å². The van der Waals surface area contributed by atoms with Gasteiger partial charge in [0.1, 0.15) is 23.1 Å². The van der Waals surface area contributed by atoms with Crippen molar-refractivity contribution in [3.63, 3.8) is 0 Å². The van der Waals surface area contributed by atoms with Crippen molar-refractivity contribution in [3.8, 4) is 11.5 Å². The van der Waals surface area contributed by atoms with Crippen LogP contribution in [0.25, 0.3) is 0 Å². The van der Waals surface area contributed by atoms with Crippen molar-refractivity contribution < 1.29 is 34.0 Å². The molecule has 3 aromatic rings. The first kappa shape index (κ1) is 29.1. The number of hydrogen-bond acceptors (Lipinski definition) is 6. The maximum absolute atomic E-state index is 12.6. The summed E-state index contributed by atoms with van der Waals surface area (Å²) in [4.78, 5) is 23.8. The molecule has 212 valence electrons. The van der Waals surface area contributed by atoms with Gasteiger partial charge in [-0.05, 0) is 72.6 Å². The largest absolute Gasteiger partial charge is 0.497 e. The lowest BCUT2D eigenvalue weighted by Crippen LogP contribution is -2.46. The van der Waals surface area contributed by atoms with Gasteiger partial charge in [-0.25, -0.2) is 4.79 Å². The normalized spacial score (nSPS) is 18.0. The minimum Gasteiger partial charge on any atom is -0.497 e. The van der Waals surface area contributed by atoms with Crippen molar-refractivity contribution >= 4 is 11.9 Å². The molecule has 0 radical (unpaired) electrons. The van der Waals surface area contributed by atoms with Crippen molar-refractivity contribution in [1.29, 1.82) is 0 Å². The molecule has 8 nitrogen and oxygen atoms in total. The summed E-state index contributed by atoms with van der Waals surface area (Å²) >= 11 is 0. The number of amides is 1. The molecule has 1 aliphatic carbocycles. The Kier molecular flexibility index (Phi) is 9.79. The third-order valence-electron chi connectivity index (χ3n) is 7.72. The van der Waals surface area contributed by atoms with E-state index in [-0.39, 0.29) is 17.7 Å². The van der Waals surface area contributed by atoms with E-state index in [0.29, 0.717) is 19.4 Å². The third-order valence-corrected chi connectivity index (χ3v) is 7.72. The van der Waals surface area contributed by atoms with E-state index in [9.17, 15) is 14.7 Å². The fraction of sp³-hybridized carbons (Fsp3) is 0.375. The first-order valence-electron chi connectivity index (χ1n) is 13.5. The molecule has 1 aliphatic rings. The van der Waals surface area contributed by atoms with Crippen LogP contribution in [0.4, 0.5) is 0 Å². The molecule has 8 heteroatoms. The second-order valence-corrected chi connectivity index (χ2v) is 10.1. The topological polar surface area (TPSA) is 114 Å². The molecular weight excluding hydrogens is 510 g/mol. The number of benzene rings is 3. The Morgan fingerprint density at radius 1 is 0.825 bits per heavy atom. The predicted molar refractivity (Wildman–Crippen MR) is 150 cm³/mol. The van der Waals surface area contributed by atoms with E-state index < -0.39 is 24.2 Å². The number of carbonyl (C=O) groups is 2. The number of carboxylic acid groups (broad SMARTS) is 1. The Labute approximate surface area is 234 Å². The zero-order chi connectivity index (χ0) is 28.5. The van der Waals surface area contributed by atoms with Crippen molar-refractivity contribution in [2.24, 2.45) is 11.8 Å². The van der Waals surface area contributed by atoms with Crippen molar-refractivity contribution in [2.75, 3.05) is 27.4 Å². The van der Waals surface area contributed by atoms with Crippen molar-refractivity contribution in [3.05, 3.63) is 95.6 Å². The van der Waals surface area contributed by atoms with Gasteiger partial charge in [0.15, 0.2) is 0 Å². The number of carbonyl (C=O) groups excluding carboxylic acids is 1. The van der Waals surface area contributed by atoms with Crippen LogP contribution in [-0.2, 0) is 19.9 Å². The zero-order valence-electron chi connectivity index (χ0n) is 22.9. The molecule has 0 heterocycles. The molecule has 0 spiro atoms. The minimum absolute atomic E-state index is 0.219. The van der Waals surface area contributed by atoms with E-state index >= 15 is 0 Å². The van der Waals surface area contributed by atoms with E-state index in [1.165, 1.54) is 0 Å². The number of hydrogen-bond donors (Lipinski definition) is 3. The Hall–Kier alpha value is -3.88. The summed E-state index contributed by atoms with van der Waals surface area (Å²) in [6.45, 7) is -0.168. The first-order valence-corrected chi connectivity index (χ1v) is 13.5. The smallest absolute Gasteiger partial charge is 0.328 e. The molecular formula is C32H37NO7. The van der Waals surface area contributed by atoms with E-state index in [4.69, 9.17) is 19.3 Å². The van der Waals surface area contributed by atoms with Crippen LogP contribution < -0.4 is 14.8 Å². The summed E-state index contributed by atoms with van der Waals surface area (Å²) in [5, 5.41) is 20.8. The average Bonchev–Trinajstić information content (AvgIpc) is 3.01. The molecule has 40 heavy (non-hydrogen) atoms. The van der Waals surface area contributed by atoms with Crippen LogP contribution in [-0.4, -0.2) is 55.6 Å². The number of methoxy groups -OCH3 is 2. The van der Waals surface area contributed by atoms with Gasteiger partial charge >= 0.3 is 5.97 Å². The maximum Gasteiger partial charge on any atom is 0.328 e. The standard InChI is InChI=1S/C32H37NO7/c1-38-27-16-12-25(13-17-27)32(24-6-4-3-5-7-24,26-14-18-28(39-2)19-15-26)40-21-22-8-10-23(11-9-22)30(35)33-29(20-34)31(36)37/h3-7,12-19,22-23,29,34H,8-11,20-21H2,1-2H3,(H,33,35)(H,36,37)/t22?,23?,29-/m1/s1. The van der Waals surface area contributed by atoms with Gasteiger partial charge in [-0.2, -0.15) is 0 Å². The highest BCUT2D eigenvalue weighted by molar-refractivity contribution is 5.85. The van der Waals surface area contributed by atoms with Crippen LogP contribution in [0, 0.1) is 11.8 Å². The molecule has 0 unspecified atom stereocenters. The molecule has 0 aromatic heterocycles. The van der Waals surface area contributed by atoms with Gasteiger partial charge in [0, 0.05) is 5.92 Å². The molecule has 3 N–H and O–H groups in total. The molecule has 0 aliphatic heterocycles. The Bertz CT molecular complexity index is 1190. The van der Waals surface area contributed by atoms with E-state index in [1.807, 2.05) is 66.7 Å². The molecule has 1 atom stereocenters. The fourth-order valence-electron chi connectivity index (χ4n) is 5.38. The maximum atomic E-state index is 12.6. The molecule has 1 amide bonds. The fourth-order valence-corrected chi connectivity index (χ4v) is 5.38. The Morgan fingerprint density at radius 2 is 1.32 bits per heavy atom. The highest BCUT2D eigenvalue weighted by atomic mass is 16.5. The second kappa shape index (κ2) is 13.5. The van der Waals surface area contributed by atoms with E-state index in [0.717, 1.165) is 41.0 Å². The molecule has 0 bridgehead atoms. The number of rotatable bonds is 12. The quantitative estimate of drug-likeness (QED) is 0.288. The summed E-state index contributed by atoms with van der Waals surface area (Å²) in [6.07, 6.45) is 2.79. The lowest BCUT2D eigenvalue weighted by Gasteiger charge is -2.38. The van der Waals surface area contributed by atoms with Crippen molar-refractivity contribution in [2.45, 2.75) is 37.3 Å². The summed E-state index contributed by atoms with van der Waals surface area (Å²) in [5.41, 5.74) is 2.01. The van der Waals surface area contributed by atoms with Gasteiger partial charge in [-0.1, -0.05) is 54.6 Å². The molecule has 3 aromatic carbocycles. The highest BCUT2D eigenvalue weighted by Crippen LogP contribution is 2.43. The average molecular weight is 548 g/mol. The van der Waals surface area contributed by atoms with Gasteiger partial charge in [0.05, 0.1) is 27.4 Å². The lowest BCUT2D eigenvalue weighted by molar-refractivity contribution is -0.143. The van der Waals surface area contributed by atoms with Crippen LogP contribution in [0.1, 0.15) is 42.4 Å². The van der Waals surface area contributed by atoms with Crippen LogP contribution >= 0.6 is 0 Å². The molecule has 0 saturated heterocycles. The monoisotopic (exact) mass is 547 g/mol. The number of ether oxygens (including phenoxy) is 3. The number of nitrogens with one attached hydrogen (secondary N) is 1. The second-order valence-electron chi connectivity index (χ2n) is 10.1. The number of carboxylic acids is 1.